The summed E-state index contributed by atoms with van der Waals surface area (Å²) in [6.07, 6.45) is 72.8. The smallest absolute Gasteiger partial charge is 0.306 e. The summed E-state index contributed by atoms with van der Waals surface area (Å²) in [6, 6.07) is 0. The Hall–Kier alpha value is -3.41. The summed E-state index contributed by atoms with van der Waals surface area (Å²) in [6.45, 7) is 6.46. The first-order valence-corrected chi connectivity index (χ1v) is 28.6. The molecule has 0 radical (unpaired) electrons. The highest BCUT2D eigenvalue weighted by Gasteiger charge is 2.19. The minimum absolute atomic E-state index is 0.0930. The van der Waals surface area contributed by atoms with Gasteiger partial charge in [0.15, 0.2) is 6.10 Å². The Morgan fingerprint density at radius 2 is 0.588 bits per heavy atom. The lowest BCUT2D eigenvalue weighted by atomic mass is 10.0. The number of esters is 3. The number of hydrogen-bond donors (Lipinski definition) is 0. The van der Waals surface area contributed by atoms with E-state index in [1.165, 1.54) is 109 Å². The van der Waals surface area contributed by atoms with Crippen LogP contribution in [0, 0.1) is 0 Å². The van der Waals surface area contributed by atoms with Gasteiger partial charge in [0, 0.05) is 19.3 Å². The summed E-state index contributed by atoms with van der Waals surface area (Å²) in [5.74, 6) is -0.931. The van der Waals surface area contributed by atoms with Crippen LogP contribution in [0.5, 0.6) is 0 Å². The summed E-state index contributed by atoms with van der Waals surface area (Å²) in [4.78, 5) is 38.1. The molecule has 0 heterocycles. The fourth-order valence-electron chi connectivity index (χ4n) is 7.84. The fraction of sp³-hybridized carbons (Fsp3) is 0.726. The zero-order valence-electron chi connectivity index (χ0n) is 44.6. The minimum Gasteiger partial charge on any atom is -0.462 e. The molecule has 0 saturated carbocycles. The average Bonchev–Trinajstić information content (AvgIpc) is 3.34. The molecule has 390 valence electrons. The SMILES string of the molecule is CC/C=C/C/C=C/C/C=C/C/C=C/C/C=C/CCCCCC(=O)OC[C@@H](COC(=O)CCCCCCC/C=C/C/C=C/CCCC)OC(=O)CCCCCCCCCCCCCCCCCCC. The van der Waals surface area contributed by atoms with Crippen LogP contribution in [0.3, 0.4) is 0 Å². The average molecular weight is 948 g/mol. The third-order valence-corrected chi connectivity index (χ3v) is 12.1. The number of allylic oxidation sites excluding steroid dienone is 14. The second kappa shape index (κ2) is 56.2. The van der Waals surface area contributed by atoms with Crippen LogP contribution < -0.4 is 0 Å². The summed E-state index contributed by atoms with van der Waals surface area (Å²) in [5.41, 5.74) is 0. The Labute approximate surface area is 420 Å². The van der Waals surface area contributed by atoms with E-state index in [2.05, 4.69) is 106 Å². The topological polar surface area (TPSA) is 78.9 Å². The molecule has 1 atom stereocenters. The molecule has 0 aliphatic carbocycles. The molecule has 0 aliphatic rings. The standard InChI is InChI=1S/C62H106O6/c1-4-7-10-13-16-19-22-25-28-30-31-33-34-37-40-43-46-49-52-55-61(64)67-58-59(57-66-60(63)54-51-48-45-42-39-36-27-24-21-18-15-12-9-6-3)68-62(65)56-53-50-47-44-41-38-35-32-29-26-23-20-17-14-11-8-5-2/h7,10,15-16,18-19,24-25,27-28,31,33,37,40,59H,4-6,8-9,11-14,17,20-23,26,29-30,32,34-36,38-39,41-58H2,1-3H3/b10-7+,18-15+,19-16+,27-24+,28-25+,33-31+,40-37+/t59-/m1/s1. The van der Waals surface area contributed by atoms with Crippen LogP contribution in [0.2, 0.25) is 0 Å². The first kappa shape index (κ1) is 64.6. The summed E-state index contributed by atoms with van der Waals surface area (Å²) < 4.78 is 16.8. The van der Waals surface area contributed by atoms with Gasteiger partial charge in [-0.15, -0.1) is 0 Å². The van der Waals surface area contributed by atoms with Crippen LogP contribution >= 0.6 is 0 Å². The van der Waals surface area contributed by atoms with Crippen molar-refractivity contribution in [2.24, 2.45) is 0 Å². The highest BCUT2D eigenvalue weighted by atomic mass is 16.6. The van der Waals surface area contributed by atoms with Crippen LogP contribution in [-0.4, -0.2) is 37.2 Å². The van der Waals surface area contributed by atoms with Crippen molar-refractivity contribution in [3.05, 3.63) is 85.1 Å². The van der Waals surface area contributed by atoms with Crippen molar-refractivity contribution in [3.8, 4) is 0 Å². The first-order chi connectivity index (χ1) is 33.5. The second-order valence-corrected chi connectivity index (χ2v) is 18.8. The van der Waals surface area contributed by atoms with Gasteiger partial charge in [0.05, 0.1) is 0 Å². The number of ether oxygens (including phenoxy) is 3. The molecular weight excluding hydrogens is 841 g/mol. The van der Waals surface area contributed by atoms with Crippen molar-refractivity contribution in [2.75, 3.05) is 13.2 Å². The van der Waals surface area contributed by atoms with E-state index >= 15 is 0 Å². The molecular formula is C62H106O6. The van der Waals surface area contributed by atoms with Gasteiger partial charge >= 0.3 is 17.9 Å². The molecule has 0 bridgehead atoms. The second-order valence-electron chi connectivity index (χ2n) is 18.8. The van der Waals surface area contributed by atoms with E-state index in [1.54, 1.807) is 0 Å². The maximum absolute atomic E-state index is 12.9. The summed E-state index contributed by atoms with van der Waals surface area (Å²) >= 11 is 0. The van der Waals surface area contributed by atoms with Gasteiger partial charge in [-0.25, -0.2) is 0 Å². The lowest BCUT2D eigenvalue weighted by Gasteiger charge is -2.18. The zero-order valence-corrected chi connectivity index (χ0v) is 44.6. The van der Waals surface area contributed by atoms with Gasteiger partial charge in [-0.3, -0.25) is 14.4 Å². The van der Waals surface area contributed by atoms with E-state index in [9.17, 15) is 14.4 Å². The zero-order chi connectivity index (χ0) is 49.3. The Morgan fingerprint density at radius 1 is 0.309 bits per heavy atom. The van der Waals surface area contributed by atoms with Gasteiger partial charge in [-0.05, 0) is 89.9 Å². The monoisotopic (exact) mass is 947 g/mol. The van der Waals surface area contributed by atoms with Crippen LogP contribution in [-0.2, 0) is 28.6 Å². The lowest BCUT2D eigenvalue weighted by Crippen LogP contribution is -2.30. The Balaban J connectivity index is 4.44. The van der Waals surface area contributed by atoms with Gasteiger partial charge in [0.25, 0.3) is 0 Å². The molecule has 6 heteroatoms. The number of rotatable bonds is 51. The number of unbranched alkanes of at least 4 members (excludes halogenated alkanes) is 26. The Bertz CT molecular complexity index is 1320. The van der Waals surface area contributed by atoms with Crippen LogP contribution in [0.4, 0.5) is 0 Å². The predicted molar refractivity (Wildman–Crippen MR) is 293 cm³/mol. The summed E-state index contributed by atoms with van der Waals surface area (Å²) in [5, 5.41) is 0. The van der Waals surface area contributed by atoms with Crippen molar-refractivity contribution in [2.45, 2.75) is 277 Å². The van der Waals surface area contributed by atoms with Crippen molar-refractivity contribution in [3.63, 3.8) is 0 Å². The number of carbonyl (C=O) groups is 3. The molecule has 0 spiro atoms. The third-order valence-electron chi connectivity index (χ3n) is 12.1. The maximum atomic E-state index is 12.9. The molecule has 0 aliphatic heterocycles. The van der Waals surface area contributed by atoms with E-state index < -0.39 is 6.10 Å². The molecule has 0 saturated heterocycles. The molecule has 0 aromatic heterocycles. The lowest BCUT2D eigenvalue weighted by molar-refractivity contribution is -0.167. The minimum atomic E-state index is -0.795. The molecule has 0 N–H and O–H groups in total. The first-order valence-electron chi connectivity index (χ1n) is 28.6. The van der Waals surface area contributed by atoms with E-state index in [4.69, 9.17) is 14.2 Å². The Morgan fingerprint density at radius 3 is 0.956 bits per heavy atom. The van der Waals surface area contributed by atoms with Gasteiger partial charge in [-0.2, -0.15) is 0 Å². The molecule has 68 heavy (non-hydrogen) atoms. The largest absolute Gasteiger partial charge is 0.462 e. The van der Waals surface area contributed by atoms with Crippen molar-refractivity contribution >= 4 is 17.9 Å². The molecule has 6 nitrogen and oxygen atoms in total. The Kier molecular flexibility index (Phi) is 53.4. The van der Waals surface area contributed by atoms with Gasteiger partial charge in [0.2, 0.25) is 0 Å². The number of carbonyl (C=O) groups excluding carboxylic acids is 3. The van der Waals surface area contributed by atoms with Crippen LogP contribution in [0.25, 0.3) is 0 Å². The fourth-order valence-corrected chi connectivity index (χ4v) is 7.84. The van der Waals surface area contributed by atoms with Crippen LogP contribution in [0.15, 0.2) is 85.1 Å². The predicted octanol–water partition coefficient (Wildman–Crippen LogP) is 19.2. The quantitative estimate of drug-likeness (QED) is 0.0262. The molecule has 0 amide bonds. The van der Waals surface area contributed by atoms with Gasteiger partial charge in [-0.1, -0.05) is 247 Å². The van der Waals surface area contributed by atoms with E-state index in [-0.39, 0.29) is 31.1 Å². The molecule has 0 unspecified atom stereocenters. The maximum Gasteiger partial charge on any atom is 0.306 e. The molecule has 0 aromatic carbocycles. The highest BCUT2D eigenvalue weighted by molar-refractivity contribution is 5.71. The molecule has 0 aromatic rings. The van der Waals surface area contributed by atoms with E-state index in [0.29, 0.717) is 19.3 Å². The van der Waals surface area contributed by atoms with E-state index in [1.807, 2.05) is 0 Å². The normalized spacial score (nSPS) is 12.7. The number of hydrogen-bond acceptors (Lipinski definition) is 6. The van der Waals surface area contributed by atoms with Crippen molar-refractivity contribution in [1.29, 1.82) is 0 Å². The van der Waals surface area contributed by atoms with Crippen molar-refractivity contribution < 1.29 is 28.6 Å². The molecule has 0 fully saturated rings. The van der Waals surface area contributed by atoms with Gasteiger partial charge < -0.3 is 14.2 Å². The summed E-state index contributed by atoms with van der Waals surface area (Å²) in [7, 11) is 0. The van der Waals surface area contributed by atoms with Crippen LogP contribution in [0.1, 0.15) is 271 Å². The third kappa shape index (κ3) is 53.5. The molecule has 0 rings (SSSR count). The van der Waals surface area contributed by atoms with Crippen molar-refractivity contribution in [1.82, 2.24) is 0 Å². The van der Waals surface area contributed by atoms with E-state index in [0.717, 1.165) is 122 Å². The highest BCUT2D eigenvalue weighted by Crippen LogP contribution is 2.16. The van der Waals surface area contributed by atoms with Gasteiger partial charge in [0.1, 0.15) is 13.2 Å².